The number of hydrogen-bond donors (Lipinski definition) is 2. The summed E-state index contributed by atoms with van der Waals surface area (Å²) >= 11 is 0. The zero-order valence-electron chi connectivity index (χ0n) is 8.29. The standard InChI is InChI=1S/C10H15N3.ClH/c1-8-3-2-4-9(13-8)10-7-11-5-6-12-10;/h2-4,10-12H,5-7H2,1H3;1H/t10-;/m0./s1. The molecule has 2 heterocycles. The van der Waals surface area contributed by atoms with Crippen molar-refractivity contribution in [3.05, 3.63) is 29.6 Å². The van der Waals surface area contributed by atoms with E-state index in [2.05, 4.69) is 27.8 Å². The van der Waals surface area contributed by atoms with Crippen LogP contribution in [0, 0.1) is 6.92 Å². The van der Waals surface area contributed by atoms with Crippen LogP contribution >= 0.6 is 12.4 Å². The number of nitrogens with one attached hydrogen (secondary N) is 2. The molecule has 0 aliphatic carbocycles. The van der Waals surface area contributed by atoms with Gasteiger partial charge >= 0.3 is 0 Å². The third kappa shape index (κ3) is 2.67. The van der Waals surface area contributed by atoms with Crippen molar-refractivity contribution in [3.63, 3.8) is 0 Å². The normalized spacial score (nSPS) is 21.4. The molecule has 1 fully saturated rings. The maximum Gasteiger partial charge on any atom is 0.0622 e. The number of halogens is 1. The highest BCUT2D eigenvalue weighted by Gasteiger charge is 2.14. The molecule has 14 heavy (non-hydrogen) atoms. The topological polar surface area (TPSA) is 37.0 Å². The minimum absolute atomic E-state index is 0. The fourth-order valence-corrected chi connectivity index (χ4v) is 1.62. The fraction of sp³-hybridized carbons (Fsp3) is 0.500. The van der Waals surface area contributed by atoms with Gasteiger partial charge in [-0.3, -0.25) is 4.98 Å². The van der Waals surface area contributed by atoms with E-state index in [4.69, 9.17) is 0 Å². The minimum atomic E-state index is 0. The highest BCUT2D eigenvalue weighted by atomic mass is 35.5. The summed E-state index contributed by atoms with van der Waals surface area (Å²) in [7, 11) is 0. The number of hydrogen-bond acceptors (Lipinski definition) is 3. The molecular formula is C10H16ClN3. The maximum atomic E-state index is 4.49. The van der Waals surface area contributed by atoms with E-state index in [1.807, 2.05) is 13.0 Å². The smallest absolute Gasteiger partial charge is 0.0622 e. The second kappa shape index (κ2) is 5.29. The molecule has 0 amide bonds. The number of piperazine rings is 1. The van der Waals surface area contributed by atoms with Gasteiger partial charge in [-0.2, -0.15) is 0 Å². The lowest BCUT2D eigenvalue weighted by molar-refractivity contribution is 0.423. The van der Waals surface area contributed by atoms with Crippen LogP contribution in [0.4, 0.5) is 0 Å². The Morgan fingerprint density at radius 2 is 2.21 bits per heavy atom. The van der Waals surface area contributed by atoms with Crippen molar-refractivity contribution in [1.29, 1.82) is 0 Å². The Labute approximate surface area is 90.7 Å². The number of rotatable bonds is 1. The van der Waals surface area contributed by atoms with E-state index < -0.39 is 0 Å². The van der Waals surface area contributed by atoms with Gasteiger partial charge in [0.1, 0.15) is 0 Å². The van der Waals surface area contributed by atoms with Crippen LogP contribution in [-0.2, 0) is 0 Å². The lowest BCUT2D eigenvalue weighted by atomic mass is 10.1. The van der Waals surface area contributed by atoms with Crippen molar-refractivity contribution in [3.8, 4) is 0 Å². The van der Waals surface area contributed by atoms with Gasteiger partial charge < -0.3 is 10.6 Å². The third-order valence-electron chi connectivity index (χ3n) is 2.31. The summed E-state index contributed by atoms with van der Waals surface area (Å²) in [4.78, 5) is 4.49. The molecule has 3 nitrogen and oxygen atoms in total. The van der Waals surface area contributed by atoms with Gasteiger partial charge in [0, 0.05) is 25.3 Å². The first-order chi connectivity index (χ1) is 6.36. The lowest BCUT2D eigenvalue weighted by Gasteiger charge is -2.24. The number of aryl methyl sites for hydroxylation is 1. The summed E-state index contributed by atoms with van der Waals surface area (Å²) in [6.07, 6.45) is 0. The number of pyridine rings is 1. The van der Waals surface area contributed by atoms with Gasteiger partial charge in [0.25, 0.3) is 0 Å². The zero-order chi connectivity index (χ0) is 9.10. The Balaban J connectivity index is 0.000000980. The third-order valence-corrected chi connectivity index (χ3v) is 2.31. The van der Waals surface area contributed by atoms with Gasteiger partial charge in [-0.1, -0.05) is 6.07 Å². The van der Waals surface area contributed by atoms with Crippen LogP contribution < -0.4 is 10.6 Å². The van der Waals surface area contributed by atoms with Crippen molar-refractivity contribution >= 4 is 12.4 Å². The largest absolute Gasteiger partial charge is 0.314 e. The van der Waals surface area contributed by atoms with Gasteiger partial charge in [-0.05, 0) is 19.1 Å². The Hall–Kier alpha value is -0.640. The van der Waals surface area contributed by atoms with E-state index in [1.165, 1.54) is 0 Å². The highest BCUT2D eigenvalue weighted by Crippen LogP contribution is 2.10. The van der Waals surface area contributed by atoms with E-state index in [-0.39, 0.29) is 12.4 Å². The van der Waals surface area contributed by atoms with Crippen molar-refractivity contribution < 1.29 is 0 Å². The van der Waals surface area contributed by atoms with Crippen LogP contribution in [-0.4, -0.2) is 24.6 Å². The first kappa shape index (κ1) is 11.4. The quantitative estimate of drug-likeness (QED) is 0.732. The predicted octanol–water partition coefficient (Wildman–Crippen LogP) is 1.05. The Kier molecular flexibility index (Phi) is 4.32. The second-order valence-corrected chi connectivity index (χ2v) is 3.41. The van der Waals surface area contributed by atoms with Crippen molar-refractivity contribution in [2.75, 3.05) is 19.6 Å². The monoisotopic (exact) mass is 213 g/mol. The predicted molar refractivity (Wildman–Crippen MR) is 59.8 cm³/mol. The van der Waals surface area contributed by atoms with Gasteiger partial charge in [0.05, 0.1) is 11.7 Å². The van der Waals surface area contributed by atoms with Crippen LogP contribution in [0.1, 0.15) is 17.4 Å². The maximum absolute atomic E-state index is 4.49. The van der Waals surface area contributed by atoms with Crippen LogP contribution in [0.3, 0.4) is 0 Å². The van der Waals surface area contributed by atoms with E-state index in [0.29, 0.717) is 6.04 Å². The fourth-order valence-electron chi connectivity index (χ4n) is 1.62. The highest BCUT2D eigenvalue weighted by molar-refractivity contribution is 5.85. The van der Waals surface area contributed by atoms with E-state index in [1.54, 1.807) is 0 Å². The first-order valence-electron chi connectivity index (χ1n) is 4.74. The molecule has 0 radical (unpaired) electrons. The van der Waals surface area contributed by atoms with Crippen LogP contribution in [0.15, 0.2) is 18.2 Å². The van der Waals surface area contributed by atoms with Crippen LogP contribution in [0.25, 0.3) is 0 Å². The molecule has 78 valence electrons. The number of aromatic nitrogens is 1. The summed E-state index contributed by atoms with van der Waals surface area (Å²) < 4.78 is 0. The Morgan fingerprint density at radius 1 is 1.36 bits per heavy atom. The van der Waals surface area contributed by atoms with Gasteiger partial charge in [0.2, 0.25) is 0 Å². The van der Waals surface area contributed by atoms with Gasteiger partial charge in [0.15, 0.2) is 0 Å². The molecule has 0 aromatic carbocycles. The molecule has 0 bridgehead atoms. The summed E-state index contributed by atoms with van der Waals surface area (Å²) in [5, 5.41) is 6.79. The molecule has 0 spiro atoms. The molecular weight excluding hydrogens is 198 g/mol. The minimum Gasteiger partial charge on any atom is -0.314 e. The average Bonchev–Trinajstić information content (AvgIpc) is 2.19. The van der Waals surface area contributed by atoms with Crippen LogP contribution in [0.5, 0.6) is 0 Å². The zero-order valence-corrected chi connectivity index (χ0v) is 9.10. The lowest BCUT2D eigenvalue weighted by Crippen LogP contribution is -2.42. The van der Waals surface area contributed by atoms with Crippen molar-refractivity contribution in [2.24, 2.45) is 0 Å². The number of nitrogens with zero attached hydrogens (tertiary/aromatic N) is 1. The molecule has 1 atom stereocenters. The molecule has 1 aliphatic rings. The first-order valence-corrected chi connectivity index (χ1v) is 4.74. The second-order valence-electron chi connectivity index (χ2n) is 3.41. The molecule has 4 heteroatoms. The summed E-state index contributed by atoms with van der Waals surface area (Å²) in [5.41, 5.74) is 2.23. The molecule has 1 aliphatic heterocycles. The van der Waals surface area contributed by atoms with Crippen LogP contribution in [0.2, 0.25) is 0 Å². The molecule has 0 unspecified atom stereocenters. The average molecular weight is 214 g/mol. The molecule has 2 N–H and O–H groups in total. The Morgan fingerprint density at radius 3 is 2.86 bits per heavy atom. The molecule has 1 aromatic heterocycles. The summed E-state index contributed by atoms with van der Waals surface area (Å²) in [5.74, 6) is 0. The Bertz CT molecular complexity index is 284. The van der Waals surface area contributed by atoms with E-state index in [0.717, 1.165) is 31.0 Å². The van der Waals surface area contributed by atoms with Crippen molar-refractivity contribution in [1.82, 2.24) is 15.6 Å². The van der Waals surface area contributed by atoms with Gasteiger partial charge in [-0.15, -0.1) is 12.4 Å². The van der Waals surface area contributed by atoms with Gasteiger partial charge in [-0.25, -0.2) is 0 Å². The SMILES string of the molecule is Cc1cccc([C@@H]2CNCCN2)n1.Cl. The molecule has 1 saturated heterocycles. The van der Waals surface area contributed by atoms with E-state index in [9.17, 15) is 0 Å². The van der Waals surface area contributed by atoms with E-state index >= 15 is 0 Å². The molecule has 0 saturated carbocycles. The molecule has 1 aromatic rings. The summed E-state index contributed by atoms with van der Waals surface area (Å²) in [6, 6.07) is 6.56. The van der Waals surface area contributed by atoms with Crippen molar-refractivity contribution in [2.45, 2.75) is 13.0 Å². The summed E-state index contributed by atoms with van der Waals surface area (Å²) in [6.45, 7) is 5.10. The molecule has 2 rings (SSSR count).